The minimum absolute atomic E-state index is 0.216. The molecule has 0 amide bonds. The Hall–Kier alpha value is -1.92. The van der Waals surface area contributed by atoms with Gasteiger partial charge in [-0.2, -0.15) is 0 Å². The van der Waals surface area contributed by atoms with E-state index in [1.54, 1.807) is 12.1 Å². The molecule has 1 heterocycles. The molecule has 4 nitrogen and oxygen atoms in total. The number of pyridine rings is 1. The number of rotatable bonds is 3. The second-order valence-electron chi connectivity index (χ2n) is 5.39. The lowest BCUT2D eigenvalue weighted by atomic mass is 10.1. The van der Waals surface area contributed by atoms with Crippen molar-refractivity contribution < 1.29 is 8.42 Å². The van der Waals surface area contributed by atoms with Crippen molar-refractivity contribution in [3.8, 4) is 0 Å². The number of aryl methyl sites for hydroxylation is 2. The summed E-state index contributed by atoms with van der Waals surface area (Å²) in [7, 11) is -3.69. The Bertz CT molecular complexity index is 1000. The highest BCUT2D eigenvalue weighted by Crippen LogP contribution is 2.27. The maximum atomic E-state index is 12.7. The van der Waals surface area contributed by atoms with Crippen molar-refractivity contribution in [1.29, 1.82) is 0 Å². The van der Waals surface area contributed by atoms with Crippen molar-refractivity contribution in [3.05, 3.63) is 64.3 Å². The fourth-order valence-electron chi connectivity index (χ4n) is 2.30. The number of sulfonamides is 1. The van der Waals surface area contributed by atoms with Gasteiger partial charge in [0.2, 0.25) is 0 Å². The van der Waals surface area contributed by atoms with Gasteiger partial charge in [-0.15, -0.1) is 0 Å². The van der Waals surface area contributed by atoms with Gasteiger partial charge in [0.1, 0.15) is 4.90 Å². The molecule has 0 bridgehead atoms. The summed E-state index contributed by atoms with van der Waals surface area (Å²) in [6, 6.07) is 12.8. The van der Waals surface area contributed by atoms with Crippen LogP contribution < -0.4 is 4.72 Å². The summed E-state index contributed by atoms with van der Waals surface area (Å²) in [6.45, 7) is 3.83. The summed E-state index contributed by atoms with van der Waals surface area (Å²) in [5, 5.41) is 0.881. The quantitative estimate of drug-likeness (QED) is 0.719. The molecule has 0 radical (unpaired) electrons. The van der Waals surface area contributed by atoms with Crippen molar-refractivity contribution in [1.82, 2.24) is 4.98 Å². The molecule has 2 aromatic carbocycles. The van der Waals surface area contributed by atoms with Crippen LogP contribution >= 0.6 is 15.9 Å². The van der Waals surface area contributed by atoms with E-state index in [4.69, 9.17) is 0 Å². The van der Waals surface area contributed by atoms with Gasteiger partial charge in [-0.3, -0.25) is 9.71 Å². The predicted molar refractivity (Wildman–Crippen MR) is 96.2 cm³/mol. The highest BCUT2D eigenvalue weighted by molar-refractivity contribution is 9.10. The van der Waals surface area contributed by atoms with Gasteiger partial charge in [-0.1, -0.05) is 18.2 Å². The second-order valence-corrected chi connectivity index (χ2v) is 7.89. The van der Waals surface area contributed by atoms with E-state index in [2.05, 4.69) is 25.6 Å². The van der Waals surface area contributed by atoms with Crippen LogP contribution in [0.1, 0.15) is 11.1 Å². The van der Waals surface area contributed by atoms with Crippen molar-refractivity contribution in [3.63, 3.8) is 0 Å². The molecule has 0 fully saturated rings. The van der Waals surface area contributed by atoms with E-state index in [9.17, 15) is 8.42 Å². The Labute approximate surface area is 143 Å². The van der Waals surface area contributed by atoms with Crippen LogP contribution in [0.5, 0.6) is 0 Å². The fourth-order valence-corrected chi connectivity index (χ4v) is 4.57. The maximum Gasteiger partial charge on any atom is 0.263 e. The van der Waals surface area contributed by atoms with Crippen LogP contribution in [0.4, 0.5) is 5.69 Å². The van der Waals surface area contributed by atoms with Gasteiger partial charge in [0, 0.05) is 9.86 Å². The molecule has 0 aliphatic carbocycles. The Morgan fingerprint density at radius 3 is 2.52 bits per heavy atom. The summed E-state index contributed by atoms with van der Waals surface area (Å²) in [4.78, 5) is 4.49. The Morgan fingerprint density at radius 2 is 1.74 bits per heavy atom. The van der Waals surface area contributed by atoms with E-state index in [0.29, 0.717) is 10.2 Å². The van der Waals surface area contributed by atoms with Crippen LogP contribution in [0, 0.1) is 13.8 Å². The topological polar surface area (TPSA) is 59.1 Å². The number of nitrogens with one attached hydrogen (secondary N) is 1. The molecule has 6 heteroatoms. The molecule has 0 saturated carbocycles. The molecule has 1 N–H and O–H groups in total. The standard InChI is InChI=1S/C17H15BrN2O2S/c1-11-7-15(18)17(8-12(11)2)23(21,22)20-14-9-13-5-3-4-6-16(13)19-10-14/h3-10,20H,1-2H3. The number of anilines is 1. The zero-order valence-electron chi connectivity index (χ0n) is 12.7. The minimum Gasteiger partial charge on any atom is -0.278 e. The van der Waals surface area contributed by atoms with Crippen molar-refractivity contribution >= 4 is 42.5 Å². The number of hydrogen-bond acceptors (Lipinski definition) is 3. The number of aromatic nitrogens is 1. The number of hydrogen-bond donors (Lipinski definition) is 1. The summed E-state index contributed by atoms with van der Waals surface area (Å²) in [5.41, 5.74) is 3.21. The summed E-state index contributed by atoms with van der Waals surface area (Å²) in [5.74, 6) is 0. The first-order chi connectivity index (χ1) is 10.9. The van der Waals surface area contributed by atoms with Gasteiger partial charge >= 0.3 is 0 Å². The Morgan fingerprint density at radius 1 is 1.04 bits per heavy atom. The number of nitrogens with zero attached hydrogens (tertiary/aromatic N) is 1. The zero-order valence-corrected chi connectivity index (χ0v) is 15.1. The normalized spacial score (nSPS) is 11.6. The van der Waals surface area contributed by atoms with Crippen LogP contribution in [0.3, 0.4) is 0 Å². The molecule has 3 aromatic rings. The Kier molecular flexibility index (Phi) is 4.12. The molecule has 0 spiro atoms. The third-order valence-corrected chi connectivity index (χ3v) is 6.02. The molecule has 0 saturated heterocycles. The number of fused-ring (bicyclic) bond motifs is 1. The van der Waals surface area contributed by atoms with Crippen LogP contribution in [0.25, 0.3) is 10.9 Å². The zero-order chi connectivity index (χ0) is 16.6. The largest absolute Gasteiger partial charge is 0.278 e. The number of halogens is 1. The van der Waals surface area contributed by atoms with Crippen LogP contribution in [0.2, 0.25) is 0 Å². The monoisotopic (exact) mass is 390 g/mol. The lowest BCUT2D eigenvalue weighted by molar-refractivity contribution is 0.600. The maximum absolute atomic E-state index is 12.7. The van der Waals surface area contributed by atoms with E-state index < -0.39 is 10.0 Å². The first-order valence-electron chi connectivity index (χ1n) is 7.01. The summed E-state index contributed by atoms with van der Waals surface area (Å²) >= 11 is 3.34. The van der Waals surface area contributed by atoms with Gasteiger partial charge < -0.3 is 0 Å². The van der Waals surface area contributed by atoms with Crippen molar-refractivity contribution in [2.75, 3.05) is 4.72 Å². The molecular weight excluding hydrogens is 376 g/mol. The van der Waals surface area contributed by atoms with Crippen LogP contribution in [-0.2, 0) is 10.0 Å². The molecule has 0 aliphatic heterocycles. The van der Waals surface area contributed by atoms with Gasteiger partial charge in [0.25, 0.3) is 10.0 Å². The highest BCUT2D eigenvalue weighted by atomic mass is 79.9. The number of benzene rings is 2. The fraction of sp³-hybridized carbons (Fsp3) is 0.118. The lowest BCUT2D eigenvalue weighted by Gasteiger charge is -2.12. The molecule has 0 aliphatic rings. The van der Waals surface area contributed by atoms with Crippen LogP contribution in [-0.4, -0.2) is 13.4 Å². The van der Waals surface area contributed by atoms with E-state index in [1.807, 2.05) is 44.2 Å². The summed E-state index contributed by atoms with van der Waals surface area (Å²) < 4.78 is 28.4. The highest BCUT2D eigenvalue weighted by Gasteiger charge is 2.19. The van der Waals surface area contributed by atoms with Gasteiger partial charge in [0.15, 0.2) is 0 Å². The molecule has 1 aromatic heterocycles. The van der Waals surface area contributed by atoms with E-state index in [-0.39, 0.29) is 4.90 Å². The number of para-hydroxylation sites is 1. The molecule has 0 atom stereocenters. The lowest BCUT2D eigenvalue weighted by Crippen LogP contribution is -2.14. The van der Waals surface area contributed by atoms with Crippen molar-refractivity contribution in [2.24, 2.45) is 0 Å². The van der Waals surface area contributed by atoms with Gasteiger partial charge in [-0.25, -0.2) is 8.42 Å². The first-order valence-corrected chi connectivity index (χ1v) is 9.29. The van der Waals surface area contributed by atoms with E-state index >= 15 is 0 Å². The predicted octanol–water partition coefficient (Wildman–Crippen LogP) is 4.41. The molecule has 0 unspecified atom stereocenters. The first kappa shape index (κ1) is 16.0. The smallest absolute Gasteiger partial charge is 0.263 e. The van der Waals surface area contributed by atoms with Crippen LogP contribution in [0.15, 0.2) is 58.0 Å². The minimum atomic E-state index is -3.69. The Balaban J connectivity index is 2.01. The molecular formula is C17H15BrN2O2S. The molecule has 118 valence electrons. The molecule has 23 heavy (non-hydrogen) atoms. The van der Waals surface area contributed by atoms with Gasteiger partial charge in [-0.05, 0) is 65.2 Å². The third kappa shape index (κ3) is 3.23. The average molecular weight is 391 g/mol. The van der Waals surface area contributed by atoms with E-state index in [1.165, 1.54) is 6.20 Å². The molecule has 3 rings (SSSR count). The SMILES string of the molecule is Cc1cc(Br)c(S(=O)(=O)Nc2cnc3ccccc3c2)cc1C. The second kappa shape index (κ2) is 5.94. The summed E-state index contributed by atoms with van der Waals surface area (Å²) in [6.07, 6.45) is 1.52. The van der Waals surface area contributed by atoms with Gasteiger partial charge in [0.05, 0.1) is 17.4 Å². The third-order valence-electron chi connectivity index (χ3n) is 3.68. The van der Waals surface area contributed by atoms with Crippen molar-refractivity contribution in [2.45, 2.75) is 18.7 Å². The van der Waals surface area contributed by atoms with E-state index in [0.717, 1.165) is 22.0 Å². The average Bonchev–Trinajstić information content (AvgIpc) is 2.50.